The van der Waals surface area contributed by atoms with Gasteiger partial charge in [0.2, 0.25) is 5.91 Å². The number of nitrogens with zero attached hydrogens (tertiary/aromatic N) is 4. The van der Waals surface area contributed by atoms with Gasteiger partial charge in [0.25, 0.3) is 11.2 Å². The minimum absolute atomic E-state index is 0.0439. The molecule has 0 aliphatic carbocycles. The second-order valence-electron chi connectivity index (χ2n) is 6.90. The Bertz CT molecular complexity index is 1400. The van der Waals surface area contributed by atoms with E-state index in [0.717, 1.165) is 23.1 Å². The lowest BCUT2D eigenvalue weighted by Gasteiger charge is -2.18. The number of rotatable bonds is 7. The van der Waals surface area contributed by atoms with Crippen LogP contribution < -0.4 is 16.6 Å². The molecule has 0 radical (unpaired) electrons. The topological polar surface area (TPSA) is 146 Å². The van der Waals surface area contributed by atoms with E-state index in [1.165, 1.54) is 18.2 Å². The number of hydrogen-bond acceptors (Lipinski definition) is 9. The second kappa shape index (κ2) is 9.38. The van der Waals surface area contributed by atoms with Crippen molar-refractivity contribution in [3.05, 3.63) is 75.1 Å². The predicted octanol–water partition coefficient (Wildman–Crippen LogP) is 3.84. The number of para-hydroxylation sites is 1. The molecule has 0 bridgehead atoms. The lowest BCUT2D eigenvalue weighted by atomic mass is 10.3. The quantitative estimate of drug-likeness (QED) is 0.175. The summed E-state index contributed by atoms with van der Waals surface area (Å²) in [6.07, 6.45) is 0.451. The number of nitrogens with two attached hydrogens (primary N) is 1. The summed E-state index contributed by atoms with van der Waals surface area (Å²) >= 11 is 2.28. The first-order valence-corrected chi connectivity index (χ1v) is 11.5. The van der Waals surface area contributed by atoms with Crippen LogP contribution in [0.25, 0.3) is 15.9 Å². The number of nitrogen functional groups attached to an aromatic ring is 1. The zero-order chi connectivity index (χ0) is 23.5. The highest BCUT2D eigenvalue weighted by molar-refractivity contribution is 8.00. The van der Waals surface area contributed by atoms with E-state index in [9.17, 15) is 19.7 Å². The Morgan fingerprint density at radius 3 is 2.70 bits per heavy atom. The Kier molecular flexibility index (Phi) is 6.38. The van der Waals surface area contributed by atoms with Crippen LogP contribution in [0.3, 0.4) is 0 Å². The van der Waals surface area contributed by atoms with Gasteiger partial charge in [-0.15, -0.1) is 0 Å². The number of benzene rings is 2. The van der Waals surface area contributed by atoms with Crippen molar-refractivity contribution in [1.29, 1.82) is 0 Å². The molecule has 0 saturated heterocycles. The minimum Gasteiger partial charge on any atom is -0.385 e. The molecular formula is C21H18N6O4S2. The Balaban J connectivity index is 1.60. The molecule has 4 rings (SSSR count). The van der Waals surface area contributed by atoms with Gasteiger partial charge in [-0.2, -0.15) is 4.98 Å². The van der Waals surface area contributed by atoms with Crippen LogP contribution in [0.4, 0.5) is 16.6 Å². The van der Waals surface area contributed by atoms with Crippen molar-refractivity contribution < 1.29 is 9.72 Å². The van der Waals surface area contributed by atoms with Gasteiger partial charge in [0, 0.05) is 23.9 Å². The molecule has 1 amide bonds. The van der Waals surface area contributed by atoms with Crippen LogP contribution in [0.15, 0.2) is 64.5 Å². The second-order valence-corrected chi connectivity index (χ2v) is 9.11. The Labute approximate surface area is 195 Å². The number of thioether (sulfide) groups is 1. The predicted molar refractivity (Wildman–Crippen MR) is 129 cm³/mol. The average molecular weight is 483 g/mol. The highest BCUT2D eigenvalue weighted by Crippen LogP contribution is 2.31. The molecule has 0 fully saturated rings. The minimum atomic E-state index is -0.588. The zero-order valence-electron chi connectivity index (χ0n) is 17.3. The molecule has 0 saturated carbocycles. The fraction of sp³-hybridized carbons (Fsp3) is 0.143. The van der Waals surface area contributed by atoms with Gasteiger partial charge >= 0.3 is 0 Å². The van der Waals surface area contributed by atoms with Crippen molar-refractivity contribution in [2.24, 2.45) is 0 Å². The molecule has 4 aromatic rings. The number of anilines is 2. The van der Waals surface area contributed by atoms with E-state index < -0.39 is 15.7 Å². The fourth-order valence-corrected chi connectivity index (χ4v) is 5.06. The van der Waals surface area contributed by atoms with Gasteiger partial charge < -0.3 is 11.1 Å². The SMILES string of the molecule is CCC(Sc1nc(=O)cc(N)n1-c1ccccc1)C(=O)Nc1nc2ccc([N+](=O)[O-])cc2s1. The number of aromatic nitrogens is 3. The molecule has 1 unspecified atom stereocenters. The summed E-state index contributed by atoms with van der Waals surface area (Å²) in [5.41, 5.74) is 6.83. The first-order chi connectivity index (χ1) is 15.9. The number of amides is 1. The highest BCUT2D eigenvalue weighted by atomic mass is 32.2. The number of carbonyl (C=O) groups excluding carboxylic acids is 1. The van der Waals surface area contributed by atoms with Crippen molar-refractivity contribution in [3.8, 4) is 5.69 Å². The van der Waals surface area contributed by atoms with Crippen LogP contribution >= 0.6 is 23.1 Å². The van der Waals surface area contributed by atoms with Crippen LogP contribution in [0.1, 0.15) is 13.3 Å². The summed E-state index contributed by atoms with van der Waals surface area (Å²) in [5.74, 6) is -0.112. The van der Waals surface area contributed by atoms with Crippen molar-refractivity contribution in [1.82, 2.24) is 14.5 Å². The standard InChI is InChI=1S/C21H18N6O4S2/c1-2-15(19(29)25-20-23-14-9-8-13(27(30)31)10-16(14)32-20)33-21-24-18(28)11-17(22)26(21)12-6-4-3-5-7-12/h3-11,15H,2,22H2,1H3,(H,23,25,29). The molecule has 33 heavy (non-hydrogen) atoms. The summed E-state index contributed by atoms with van der Waals surface area (Å²) in [6.45, 7) is 1.84. The third-order valence-corrected chi connectivity index (χ3v) is 6.92. The summed E-state index contributed by atoms with van der Waals surface area (Å²) in [6, 6.07) is 14.8. The molecule has 3 N–H and O–H groups in total. The van der Waals surface area contributed by atoms with Crippen molar-refractivity contribution >= 4 is 55.9 Å². The Hall–Kier alpha value is -3.77. The number of nitro groups is 1. The van der Waals surface area contributed by atoms with Gasteiger partial charge in [-0.3, -0.25) is 24.3 Å². The Morgan fingerprint density at radius 2 is 2.00 bits per heavy atom. The molecule has 0 aliphatic rings. The van der Waals surface area contributed by atoms with E-state index in [0.29, 0.717) is 32.6 Å². The molecule has 2 aromatic carbocycles. The number of hydrogen-bond donors (Lipinski definition) is 2. The van der Waals surface area contributed by atoms with Gasteiger partial charge in [-0.25, -0.2) is 4.98 Å². The highest BCUT2D eigenvalue weighted by Gasteiger charge is 2.23. The van der Waals surface area contributed by atoms with Crippen LogP contribution in [0.5, 0.6) is 0 Å². The third kappa shape index (κ3) is 4.86. The average Bonchev–Trinajstić information content (AvgIpc) is 3.18. The van der Waals surface area contributed by atoms with E-state index in [1.54, 1.807) is 10.6 Å². The molecule has 2 heterocycles. The maximum atomic E-state index is 13.0. The number of non-ortho nitro benzene ring substituents is 1. The number of thiazole rings is 1. The van der Waals surface area contributed by atoms with Gasteiger partial charge in [-0.1, -0.05) is 48.2 Å². The van der Waals surface area contributed by atoms with E-state index in [4.69, 9.17) is 5.73 Å². The van der Waals surface area contributed by atoms with E-state index >= 15 is 0 Å². The largest absolute Gasteiger partial charge is 0.385 e. The smallest absolute Gasteiger partial charge is 0.275 e. The number of nitrogens with one attached hydrogen (secondary N) is 1. The van der Waals surface area contributed by atoms with Gasteiger partial charge in [-0.05, 0) is 24.6 Å². The summed E-state index contributed by atoms with van der Waals surface area (Å²) in [7, 11) is 0. The van der Waals surface area contributed by atoms with Gasteiger partial charge in [0.15, 0.2) is 10.3 Å². The number of carbonyl (C=O) groups is 1. The van der Waals surface area contributed by atoms with Crippen LogP contribution in [0, 0.1) is 10.1 Å². The number of fused-ring (bicyclic) bond motifs is 1. The lowest BCUT2D eigenvalue weighted by Crippen LogP contribution is -2.26. The van der Waals surface area contributed by atoms with E-state index in [2.05, 4.69) is 15.3 Å². The zero-order valence-corrected chi connectivity index (χ0v) is 18.9. The van der Waals surface area contributed by atoms with Crippen molar-refractivity contribution in [3.63, 3.8) is 0 Å². The van der Waals surface area contributed by atoms with Gasteiger partial charge in [0.1, 0.15) is 5.82 Å². The number of nitro benzene ring substituents is 1. The molecule has 0 aliphatic heterocycles. The Morgan fingerprint density at radius 1 is 1.24 bits per heavy atom. The van der Waals surface area contributed by atoms with Gasteiger partial charge in [0.05, 0.1) is 20.4 Å². The summed E-state index contributed by atoms with van der Waals surface area (Å²) in [5, 5.41) is 13.8. The third-order valence-electron chi connectivity index (χ3n) is 4.66. The van der Waals surface area contributed by atoms with Crippen LogP contribution in [-0.2, 0) is 4.79 Å². The monoisotopic (exact) mass is 482 g/mol. The van der Waals surface area contributed by atoms with Crippen molar-refractivity contribution in [2.45, 2.75) is 23.8 Å². The molecule has 12 heteroatoms. The molecule has 168 valence electrons. The summed E-state index contributed by atoms with van der Waals surface area (Å²) in [4.78, 5) is 43.9. The maximum absolute atomic E-state index is 13.0. The van der Waals surface area contributed by atoms with E-state index in [1.807, 2.05) is 37.3 Å². The molecule has 1 atom stereocenters. The lowest BCUT2D eigenvalue weighted by molar-refractivity contribution is -0.384. The molecular weight excluding hydrogens is 464 g/mol. The van der Waals surface area contributed by atoms with E-state index in [-0.39, 0.29) is 17.4 Å². The van der Waals surface area contributed by atoms with Crippen molar-refractivity contribution in [2.75, 3.05) is 11.1 Å². The maximum Gasteiger partial charge on any atom is 0.275 e. The van der Waals surface area contributed by atoms with Crippen LogP contribution in [0.2, 0.25) is 0 Å². The van der Waals surface area contributed by atoms with Crippen LogP contribution in [-0.4, -0.2) is 30.6 Å². The normalized spacial score (nSPS) is 11.9. The first kappa shape index (κ1) is 22.4. The molecule has 10 nitrogen and oxygen atoms in total. The summed E-state index contributed by atoms with van der Waals surface area (Å²) < 4.78 is 2.22. The molecule has 2 aromatic heterocycles. The first-order valence-electron chi connectivity index (χ1n) is 9.83. The molecule has 0 spiro atoms. The fourth-order valence-electron chi connectivity index (χ4n) is 3.11.